The molecule has 1 aliphatic rings. The minimum atomic E-state index is -0.402. The Morgan fingerprint density at radius 2 is 2.07 bits per heavy atom. The van der Waals surface area contributed by atoms with Gasteiger partial charge >= 0.3 is 0 Å². The SMILES string of the molecule is CCN(CC)c1ccc(NC(=O)C2CC(=O)N(c3cccc(OC)c3)C2)cn1. The summed E-state index contributed by atoms with van der Waals surface area (Å²) < 4.78 is 5.22. The third kappa shape index (κ3) is 4.24. The number of nitrogens with one attached hydrogen (secondary N) is 1. The van der Waals surface area contributed by atoms with Crippen molar-refractivity contribution in [3.63, 3.8) is 0 Å². The molecule has 3 rings (SSSR count). The van der Waals surface area contributed by atoms with Crippen LogP contribution >= 0.6 is 0 Å². The van der Waals surface area contributed by atoms with Gasteiger partial charge in [0.1, 0.15) is 11.6 Å². The van der Waals surface area contributed by atoms with Crippen molar-refractivity contribution in [3.8, 4) is 5.75 Å². The third-order valence-electron chi connectivity index (χ3n) is 4.96. The van der Waals surface area contributed by atoms with Crippen molar-refractivity contribution in [1.29, 1.82) is 0 Å². The van der Waals surface area contributed by atoms with Gasteiger partial charge in [0.2, 0.25) is 11.8 Å². The van der Waals surface area contributed by atoms with Gasteiger partial charge in [-0.3, -0.25) is 9.59 Å². The zero-order valence-corrected chi connectivity index (χ0v) is 16.5. The van der Waals surface area contributed by atoms with Crippen molar-refractivity contribution in [3.05, 3.63) is 42.6 Å². The van der Waals surface area contributed by atoms with E-state index in [0.717, 1.165) is 24.6 Å². The number of pyridine rings is 1. The average Bonchev–Trinajstić information content (AvgIpc) is 3.12. The molecule has 28 heavy (non-hydrogen) atoms. The molecule has 7 nitrogen and oxygen atoms in total. The van der Waals surface area contributed by atoms with E-state index in [0.29, 0.717) is 18.0 Å². The van der Waals surface area contributed by atoms with E-state index in [2.05, 4.69) is 29.0 Å². The zero-order chi connectivity index (χ0) is 20.1. The number of methoxy groups -OCH3 is 1. The second kappa shape index (κ2) is 8.73. The summed E-state index contributed by atoms with van der Waals surface area (Å²) in [6, 6.07) is 11.0. The smallest absolute Gasteiger partial charge is 0.229 e. The Morgan fingerprint density at radius 3 is 2.71 bits per heavy atom. The number of ether oxygens (including phenoxy) is 1. The standard InChI is InChI=1S/C21H26N4O3/c1-4-24(5-2)19-10-9-16(13-22-19)23-21(27)15-11-20(26)25(14-15)17-7-6-8-18(12-17)28-3/h6-10,12-13,15H,4-5,11,14H2,1-3H3,(H,23,27). The lowest BCUT2D eigenvalue weighted by Crippen LogP contribution is -2.28. The molecule has 2 amide bonds. The van der Waals surface area contributed by atoms with Gasteiger partial charge in [-0.2, -0.15) is 0 Å². The van der Waals surface area contributed by atoms with Gasteiger partial charge in [0.25, 0.3) is 0 Å². The molecule has 0 bridgehead atoms. The van der Waals surface area contributed by atoms with Crippen LogP contribution in [0.4, 0.5) is 17.2 Å². The molecule has 7 heteroatoms. The molecule has 0 saturated carbocycles. The number of carbonyl (C=O) groups is 2. The van der Waals surface area contributed by atoms with E-state index in [9.17, 15) is 9.59 Å². The van der Waals surface area contributed by atoms with Crippen LogP contribution in [-0.4, -0.2) is 43.5 Å². The number of anilines is 3. The lowest BCUT2D eigenvalue weighted by atomic mass is 10.1. The molecule has 1 unspecified atom stereocenters. The highest BCUT2D eigenvalue weighted by Gasteiger charge is 2.35. The maximum absolute atomic E-state index is 12.6. The van der Waals surface area contributed by atoms with Gasteiger partial charge in [-0.25, -0.2) is 4.98 Å². The Balaban J connectivity index is 1.64. The molecule has 1 aliphatic heterocycles. The van der Waals surface area contributed by atoms with E-state index in [4.69, 9.17) is 4.74 Å². The van der Waals surface area contributed by atoms with Crippen LogP contribution in [0.25, 0.3) is 0 Å². The molecule has 2 aromatic rings. The van der Waals surface area contributed by atoms with E-state index in [1.165, 1.54) is 0 Å². The number of aromatic nitrogens is 1. The van der Waals surface area contributed by atoms with Crippen LogP contribution in [0, 0.1) is 5.92 Å². The Kier molecular flexibility index (Phi) is 6.13. The van der Waals surface area contributed by atoms with Crippen LogP contribution in [0.5, 0.6) is 5.75 Å². The second-order valence-electron chi connectivity index (χ2n) is 6.67. The van der Waals surface area contributed by atoms with E-state index >= 15 is 0 Å². The summed E-state index contributed by atoms with van der Waals surface area (Å²) in [6.07, 6.45) is 1.84. The largest absolute Gasteiger partial charge is 0.497 e. The van der Waals surface area contributed by atoms with Crippen molar-refractivity contribution in [2.24, 2.45) is 5.92 Å². The summed E-state index contributed by atoms with van der Waals surface area (Å²) in [6.45, 7) is 6.25. The summed E-state index contributed by atoms with van der Waals surface area (Å²) in [5, 5.41) is 2.88. The summed E-state index contributed by atoms with van der Waals surface area (Å²) in [5.74, 6) is 0.918. The number of rotatable bonds is 7. The Bertz CT molecular complexity index is 834. The van der Waals surface area contributed by atoms with Gasteiger partial charge in [0.15, 0.2) is 0 Å². The molecule has 148 valence electrons. The number of hydrogen-bond donors (Lipinski definition) is 1. The first-order valence-electron chi connectivity index (χ1n) is 9.52. The molecular formula is C21H26N4O3. The Hall–Kier alpha value is -3.09. The van der Waals surface area contributed by atoms with E-state index in [1.807, 2.05) is 30.3 Å². The van der Waals surface area contributed by atoms with Crippen molar-refractivity contribution in [2.45, 2.75) is 20.3 Å². The van der Waals surface area contributed by atoms with Gasteiger partial charge in [0, 0.05) is 37.8 Å². The lowest BCUT2D eigenvalue weighted by molar-refractivity contribution is -0.122. The minimum Gasteiger partial charge on any atom is -0.497 e. The van der Waals surface area contributed by atoms with E-state index in [1.54, 1.807) is 24.3 Å². The van der Waals surface area contributed by atoms with Crippen LogP contribution in [0.2, 0.25) is 0 Å². The predicted octanol–water partition coefficient (Wildman–Crippen LogP) is 2.93. The first-order chi connectivity index (χ1) is 13.5. The van der Waals surface area contributed by atoms with Crippen LogP contribution in [0.15, 0.2) is 42.6 Å². The zero-order valence-electron chi connectivity index (χ0n) is 16.5. The number of benzene rings is 1. The molecule has 1 fully saturated rings. The number of carbonyl (C=O) groups excluding carboxylic acids is 2. The maximum atomic E-state index is 12.6. The molecule has 0 aliphatic carbocycles. The van der Waals surface area contributed by atoms with E-state index in [-0.39, 0.29) is 18.2 Å². The third-order valence-corrected chi connectivity index (χ3v) is 4.96. The average molecular weight is 382 g/mol. The highest BCUT2D eigenvalue weighted by Crippen LogP contribution is 2.28. The van der Waals surface area contributed by atoms with Gasteiger partial charge in [-0.05, 0) is 38.1 Å². The van der Waals surface area contributed by atoms with Gasteiger partial charge in [-0.1, -0.05) is 6.07 Å². The predicted molar refractivity (Wildman–Crippen MR) is 110 cm³/mol. The molecule has 1 atom stereocenters. The molecule has 1 aromatic carbocycles. The minimum absolute atomic E-state index is 0.0663. The van der Waals surface area contributed by atoms with Crippen LogP contribution < -0.4 is 19.9 Å². The summed E-state index contributed by atoms with van der Waals surface area (Å²) in [4.78, 5) is 33.2. The summed E-state index contributed by atoms with van der Waals surface area (Å²) in [7, 11) is 1.58. The van der Waals surface area contributed by atoms with E-state index < -0.39 is 5.92 Å². The lowest BCUT2D eigenvalue weighted by Gasteiger charge is -2.20. The second-order valence-corrected chi connectivity index (χ2v) is 6.67. The summed E-state index contributed by atoms with van der Waals surface area (Å²) in [5.41, 5.74) is 1.37. The molecule has 1 N–H and O–H groups in total. The van der Waals surface area contributed by atoms with Crippen LogP contribution in [0.1, 0.15) is 20.3 Å². The molecule has 2 heterocycles. The number of amides is 2. The first-order valence-corrected chi connectivity index (χ1v) is 9.52. The molecule has 0 spiro atoms. The number of nitrogens with zero attached hydrogens (tertiary/aromatic N) is 3. The first kappa shape index (κ1) is 19.7. The normalized spacial score (nSPS) is 16.2. The highest BCUT2D eigenvalue weighted by molar-refractivity contribution is 6.03. The number of hydrogen-bond acceptors (Lipinski definition) is 5. The molecular weight excluding hydrogens is 356 g/mol. The fourth-order valence-electron chi connectivity index (χ4n) is 3.35. The fourth-order valence-corrected chi connectivity index (χ4v) is 3.35. The van der Waals surface area contributed by atoms with Crippen molar-refractivity contribution < 1.29 is 14.3 Å². The maximum Gasteiger partial charge on any atom is 0.229 e. The van der Waals surface area contributed by atoms with Gasteiger partial charge in [-0.15, -0.1) is 0 Å². The highest BCUT2D eigenvalue weighted by atomic mass is 16.5. The molecule has 1 saturated heterocycles. The van der Waals surface area contributed by atoms with Crippen molar-refractivity contribution >= 4 is 29.0 Å². The fraction of sp³-hybridized carbons (Fsp3) is 0.381. The van der Waals surface area contributed by atoms with Gasteiger partial charge < -0.3 is 19.9 Å². The topological polar surface area (TPSA) is 74.8 Å². The molecule has 1 aromatic heterocycles. The Morgan fingerprint density at radius 1 is 1.29 bits per heavy atom. The monoisotopic (exact) mass is 382 g/mol. The summed E-state index contributed by atoms with van der Waals surface area (Å²) >= 11 is 0. The van der Waals surface area contributed by atoms with Gasteiger partial charge in [0.05, 0.1) is 24.9 Å². The Labute approximate surface area is 165 Å². The van der Waals surface area contributed by atoms with Crippen molar-refractivity contribution in [2.75, 3.05) is 41.9 Å². The van der Waals surface area contributed by atoms with Crippen LogP contribution in [0.3, 0.4) is 0 Å². The van der Waals surface area contributed by atoms with Crippen LogP contribution in [-0.2, 0) is 9.59 Å². The van der Waals surface area contributed by atoms with Crippen molar-refractivity contribution in [1.82, 2.24) is 4.98 Å². The molecule has 0 radical (unpaired) electrons. The quantitative estimate of drug-likeness (QED) is 0.797.